The van der Waals surface area contributed by atoms with Crippen molar-refractivity contribution in [3.63, 3.8) is 0 Å². The zero-order valence-corrected chi connectivity index (χ0v) is 11.5. The van der Waals surface area contributed by atoms with Gasteiger partial charge in [0.1, 0.15) is 0 Å². The van der Waals surface area contributed by atoms with E-state index in [1.807, 2.05) is 0 Å². The van der Waals surface area contributed by atoms with Gasteiger partial charge >= 0.3 is 0 Å². The van der Waals surface area contributed by atoms with Crippen molar-refractivity contribution < 1.29 is 0 Å². The van der Waals surface area contributed by atoms with Gasteiger partial charge in [-0.3, -0.25) is 0 Å². The van der Waals surface area contributed by atoms with Crippen LogP contribution in [0, 0.1) is 6.92 Å². The highest BCUT2D eigenvalue weighted by Crippen LogP contribution is 2.24. The molecule has 0 atom stereocenters. The average molecular weight is 226 g/mol. The molecular weight excluding hydrogens is 204 g/mol. The third kappa shape index (κ3) is 3.22. The third-order valence-corrected chi connectivity index (χ3v) is 3.19. The van der Waals surface area contributed by atoms with Crippen LogP contribution >= 0.6 is 0 Å². The number of allylic oxidation sites excluding steroid dienone is 2. The number of benzene rings is 1. The van der Waals surface area contributed by atoms with Crippen LogP contribution in [0.3, 0.4) is 0 Å². The Kier molecular flexibility index (Phi) is 4.54. The van der Waals surface area contributed by atoms with Crippen molar-refractivity contribution in [2.75, 3.05) is 0 Å². The molecule has 0 heteroatoms. The molecule has 1 aromatic rings. The molecule has 0 nitrogen and oxygen atoms in total. The van der Waals surface area contributed by atoms with E-state index in [9.17, 15) is 0 Å². The van der Waals surface area contributed by atoms with Gasteiger partial charge in [-0.1, -0.05) is 37.8 Å². The Bertz CT molecular complexity index is 483. The van der Waals surface area contributed by atoms with Crippen LogP contribution in [0.5, 0.6) is 0 Å². The summed E-state index contributed by atoms with van der Waals surface area (Å²) >= 11 is 0. The Morgan fingerprint density at radius 2 is 1.94 bits per heavy atom. The first-order valence-corrected chi connectivity index (χ1v) is 6.13. The quantitative estimate of drug-likeness (QED) is 0.643. The summed E-state index contributed by atoms with van der Waals surface area (Å²) in [7, 11) is 0. The molecule has 0 aliphatic heterocycles. The standard InChI is InChI=1S/C17H22/c1-7-13(5)9-15-10-16(8-2)14(6)17(11-15)12(3)4/h10-11H,1,3,8-9H2,2,4-6H3. The summed E-state index contributed by atoms with van der Waals surface area (Å²) in [5.74, 6) is 0. The highest BCUT2D eigenvalue weighted by atomic mass is 14.1. The second-order valence-electron chi connectivity index (χ2n) is 4.70. The monoisotopic (exact) mass is 226 g/mol. The van der Waals surface area contributed by atoms with E-state index in [1.165, 1.54) is 27.8 Å². The van der Waals surface area contributed by atoms with Gasteiger partial charge in [-0.15, -0.1) is 5.73 Å². The molecule has 1 rings (SSSR count). The minimum Gasteiger partial charge on any atom is -0.130 e. The fourth-order valence-corrected chi connectivity index (χ4v) is 2.12. The Balaban J connectivity index is 3.29. The van der Waals surface area contributed by atoms with Crippen LogP contribution in [0.25, 0.3) is 5.57 Å². The summed E-state index contributed by atoms with van der Waals surface area (Å²) in [4.78, 5) is 0. The smallest absolute Gasteiger partial charge is 0.000644 e. The van der Waals surface area contributed by atoms with E-state index < -0.39 is 0 Å². The lowest BCUT2D eigenvalue weighted by molar-refractivity contribution is 1.07. The summed E-state index contributed by atoms with van der Waals surface area (Å²) in [6.45, 7) is 16.3. The Morgan fingerprint density at radius 3 is 2.41 bits per heavy atom. The maximum Gasteiger partial charge on any atom is 0.000644 e. The van der Waals surface area contributed by atoms with Crippen LogP contribution < -0.4 is 0 Å². The second kappa shape index (κ2) is 5.70. The van der Waals surface area contributed by atoms with Crippen molar-refractivity contribution in [1.82, 2.24) is 0 Å². The fourth-order valence-electron chi connectivity index (χ4n) is 2.12. The topological polar surface area (TPSA) is 0 Å². The minimum atomic E-state index is 0.928. The fraction of sp³-hybridized carbons (Fsp3) is 0.353. The van der Waals surface area contributed by atoms with E-state index in [0.29, 0.717) is 0 Å². The Labute approximate surface area is 105 Å². The molecule has 0 saturated heterocycles. The van der Waals surface area contributed by atoms with Crippen LogP contribution in [0.1, 0.15) is 43.0 Å². The van der Waals surface area contributed by atoms with E-state index in [1.54, 1.807) is 0 Å². The van der Waals surface area contributed by atoms with Crippen molar-refractivity contribution in [3.8, 4) is 0 Å². The predicted octanol–water partition coefficient (Wildman–Crippen LogP) is 4.86. The van der Waals surface area contributed by atoms with Crippen LogP contribution in [0.4, 0.5) is 0 Å². The van der Waals surface area contributed by atoms with Crippen molar-refractivity contribution in [1.29, 1.82) is 0 Å². The third-order valence-electron chi connectivity index (χ3n) is 3.19. The predicted molar refractivity (Wildman–Crippen MR) is 77.3 cm³/mol. The summed E-state index contributed by atoms with van der Waals surface area (Å²) in [6, 6.07) is 4.54. The van der Waals surface area contributed by atoms with Crippen molar-refractivity contribution in [3.05, 3.63) is 58.8 Å². The SMILES string of the molecule is C=C=C(C)Cc1cc(CC)c(C)c(C(=C)C)c1. The molecule has 0 spiro atoms. The Hall–Kier alpha value is -1.52. The maximum absolute atomic E-state index is 4.07. The van der Waals surface area contributed by atoms with Crippen LogP contribution in [-0.2, 0) is 12.8 Å². The lowest BCUT2D eigenvalue weighted by atomic mass is 9.92. The molecule has 0 aliphatic carbocycles. The first-order valence-electron chi connectivity index (χ1n) is 6.13. The van der Waals surface area contributed by atoms with Gasteiger partial charge in [0, 0.05) is 6.42 Å². The van der Waals surface area contributed by atoms with Crippen LogP contribution in [-0.4, -0.2) is 0 Å². The molecule has 1 aromatic carbocycles. The molecule has 0 fully saturated rings. The van der Waals surface area contributed by atoms with Crippen molar-refractivity contribution in [2.24, 2.45) is 0 Å². The van der Waals surface area contributed by atoms with Crippen LogP contribution in [0.15, 0.2) is 36.6 Å². The summed E-state index contributed by atoms with van der Waals surface area (Å²) < 4.78 is 0. The highest BCUT2D eigenvalue weighted by Gasteiger charge is 2.07. The first kappa shape index (κ1) is 13.5. The van der Waals surface area contributed by atoms with Crippen molar-refractivity contribution in [2.45, 2.75) is 40.5 Å². The molecular formula is C17H22. The molecule has 0 aromatic heterocycles. The highest BCUT2D eigenvalue weighted by molar-refractivity contribution is 5.66. The Morgan fingerprint density at radius 1 is 1.29 bits per heavy atom. The second-order valence-corrected chi connectivity index (χ2v) is 4.70. The molecule has 17 heavy (non-hydrogen) atoms. The minimum absolute atomic E-state index is 0.928. The molecule has 0 bridgehead atoms. The first-order chi connectivity index (χ1) is 7.99. The number of aryl methyl sites for hydroxylation is 1. The van der Waals surface area contributed by atoms with E-state index in [0.717, 1.165) is 18.4 Å². The molecule has 0 N–H and O–H groups in total. The maximum atomic E-state index is 4.07. The average Bonchev–Trinajstić information content (AvgIpc) is 2.30. The molecule has 0 heterocycles. The normalized spacial score (nSPS) is 9.88. The van der Waals surface area contributed by atoms with Gasteiger partial charge in [0.25, 0.3) is 0 Å². The molecule has 0 unspecified atom stereocenters. The summed E-state index contributed by atoms with van der Waals surface area (Å²) in [6.07, 6.45) is 1.99. The molecule has 0 aliphatic rings. The molecule has 90 valence electrons. The van der Waals surface area contributed by atoms with Crippen molar-refractivity contribution >= 4 is 5.57 Å². The van der Waals surface area contributed by atoms with Gasteiger partial charge in [-0.2, -0.15) is 0 Å². The van der Waals surface area contributed by atoms with Gasteiger partial charge in [0.05, 0.1) is 0 Å². The molecule has 0 radical (unpaired) electrons. The van der Waals surface area contributed by atoms with E-state index in [2.05, 4.69) is 58.7 Å². The van der Waals surface area contributed by atoms with Gasteiger partial charge in [-0.05, 0) is 55.0 Å². The zero-order valence-electron chi connectivity index (χ0n) is 11.5. The number of hydrogen-bond donors (Lipinski definition) is 0. The van der Waals surface area contributed by atoms with Gasteiger partial charge in [0.15, 0.2) is 0 Å². The van der Waals surface area contributed by atoms with E-state index in [4.69, 9.17) is 0 Å². The largest absolute Gasteiger partial charge is 0.130 e. The number of rotatable bonds is 4. The van der Waals surface area contributed by atoms with E-state index >= 15 is 0 Å². The lowest BCUT2D eigenvalue weighted by Crippen LogP contribution is -1.97. The number of hydrogen-bond acceptors (Lipinski definition) is 0. The summed E-state index contributed by atoms with van der Waals surface area (Å²) in [5, 5.41) is 0. The lowest BCUT2D eigenvalue weighted by Gasteiger charge is -2.13. The van der Waals surface area contributed by atoms with Gasteiger partial charge < -0.3 is 0 Å². The van der Waals surface area contributed by atoms with E-state index in [-0.39, 0.29) is 0 Å². The van der Waals surface area contributed by atoms with Gasteiger partial charge in [0.2, 0.25) is 0 Å². The molecule has 0 saturated carbocycles. The summed E-state index contributed by atoms with van der Waals surface area (Å²) in [5.41, 5.74) is 10.7. The zero-order chi connectivity index (χ0) is 13.0. The molecule has 0 amide bonds. The van der Waals surface area contributed by atoms with Gasteiger partial charge in [-0.25, -0.2) is 0 Å². The van der Waals surface area contributed by atoms with Crippen LogP contribution in [0.2, 0.25) is 0 Å².